The molecule has 0 N–H and O–H groups in total. The number of carbonyl (C=O) groups excluding carboxylic acids is 2. The quantitative estimate of drug-likeness (QED) is 0.667. The predicted molar refractivity (Wildman–Crippen MR) is 60.3 cm³/mol. The van der Waals surface area contributed by atoms with Crippen molar-refractivity contribution in [2.24, 2.45) is 0 Å². The van der Waals surface area contributed by atoms with Gasteiger partial charge in [0.25, 0.3) is 0 Å². The van der Waals surface area contributed by atoms with E-state index in [-0.39, 0.29) is 30.2 Å². The molecule has 5 heteroatoms. The number of piperidine rings is 1. The second-order valence-electron chi connectivity index (χ2n) is 4.92. The van der Waals surface area contributed by atoms with Crippen LogP contribution in [0.25, 0.3) is 0 Å². The minimum atomic E-state index is -0.319. The Balaban J connectivity index is 2.13. The molecule has 2 bridgehead atoms. The van der Waals surface area contributed by atoms with E-state index in [9.17, 15) is 9.59 Å². The average molecular weight is 241 g/mol. The van der Waals surface area contributed by atoms with Gasteiger partial charge in [-0.15, -0.1) is 0 Å². The fourth-order valence-corrected chi connectivity index (χ4v) is 3.05. The molecule has 0 radical (unpaired) electrons. The van der Waals surface area contributed by atoms with E-state index in [0.717, 1.165) is 19.3 Å². The highest BCUT2D eigenvalue weighted by Crippen LogP contribution is 2.37. The summed E-state index contributed by atoms with van der Waals surface area (Å²) in [6.45, 7) is 2.79. The van der Waals surface area contributed by atoms with Gasteiger partial charge in [0.15, 0.2) is 6.10 Å². The lowest BCUT2D eigenvalue weighted by atomic mass is 9.97. The van der Waals surface area contributed by atoms with Crippen LogP contribution in [0.1, 0.15) is 33.1 Å². The van der Waals surface area contributed by atoms with Crippen LogP contribution in [0.3, 0.4) is 0 Å². The second-order valence-corrected chi connectivity index (χ2v) is 4.92. The molecule has 2 fully saturated rings. The average Bonchev–Trinajstić information content (AvgIpc) is 2.44. The number of ether oxygens (including phenoxy) is 2. The molecule has 0 aromatic heterocycles. The Morgan fingerprint density at radius 2 is 1.76 bits per heavy atom. The number of hydrogen-bond donors (Lipinski definition) is 0. The number of hydrogen-bond acceptors (Lipinski definition) is 5. The van der Waals surface area contributed by atoms with Crippen molar-refractivity contribution in [2.45, 2.75) is 57.4 Å². The maximum atomic E-state index is 11.1. The maximum Gasteiger partial charge on any atom is 0.303 e. The van der Waals surface area contributed by atoms with Crippen LogP contribution in [-0.2, 0) is 19.1 Å². The monoisotopic (exact) mass is 241 g/mol. The molecule has 2 heterocycles. The van der Waals surface area contributed by atoms with Gasteiger partial charge in [0.1, 0.15) is 6.10 Å². The van der Waals surface area contributed by atoms with E-state index in [1.54, 1.807) is 0 Å². The first-order chi connectivity index (χ1) is 7.99. The van der Waals surface area contributed by atoms with E-state index in [4.69, 9.17) is 9.47 Å². The first-order valence-corrected chi connectivity index (χ1v) is 6.05. The molecule has 17 heavy (non-hydrogen) atoms. The van der Waals surface area contributed by atoms with Gasteiger partial charge in [-0.1, -0.05) is 0 Å². The standard InChI is InChI=1S/C12H19NO4/c1-7(14)16-11-6-9-4-5-10(13(9)3)12(11)17-8(2)15/h9-12H,4-6H2,1-3H3/t9-,10+,11+,12-/m1/s1. The van der Waals surface area contributed by atoms with Gasteiger partial charge in [-0.3, -0.25) is 14.5 Å². The number of esters is 2. The minimum absolute atomic E-state index is 0.182. The lowest BCUT2D eigenvalue weighted by Crippen LogP contribution is -2.55. The normalized spacial score (nSPS) is 36.6. The first kappa shape index (κ1) is 12.4. The van der Waals surface area contributed by atoms with Crippen LogP contribution in [-0.4, -0.2) is 48.2 Å². The van der Waals surface area contributed by atoms with Crippen molar-refractivity contribution in [3.8, 4) is 0 Å². The Morgan fingerprint density at radius 1 is 1.12 bits per heavy atom. The molecular weight excluding hydrogens is 222 g/mol. The molecule has 0 aromatic carbocycles. The molecule has 0 aliphatic carbocycles. The highest BCUT2D eigenvalue weighted by molar-refractivity contribution is 5.67. The largest absolute Gasteiger partial charge is 0.458 e. The number of likely N-dealkylation sites (N-methyl/N-ethyl adjacent to an activating group) is 1. The summed E-state index contributed by atoms with van der Waals surface area (Å²) in [6.07, 6.45) is 2.23. The predicted octanol–water partition coefficient (Wildman–Crippen LogP) is 0.716. The lowest BCUT2D eigenvalue weighted by Gasteiger charge is -2.41. The number of fused-ring (bicyclic) bond motifs is 2. The summed E-state index contributed by atoms with van der Waals surface area (Å²) in [6, 6.07) is 0.623. The molecule has 2 aliphatic rings. The Morgan fingerprint density at radius 3 is 2.35 bits per heavy atom. The molecular formula is C12H19NO4. The van der Waals surface area contributed by atoms with E-state index in [2.05, 4.69) is 4.90 Å². The van der Waals surface area contributed by atoms with Crippen molar-refractivity contribution in [1.29, 1.82) is 0 Å². The summed E-state index contributed by atoms with van der Waals surface area (Å²) in [5.41, 5.74) is 0. The molecule has 5 nitrogen and oxygen atoms in total. The van der Waals surface area contributed by atoms with Crippen LogP contribution in [0.5, 0.6) is 0 Å². The molecule has 2 rings (SSSR count). The van der Waals surface area contributed by atoms with Crippen molar-refractivity contribution < 1.29 is 19.1 Å². The Bertz CT molecular complexity index is 330. The smallest absolute Gasteiger partial charge is 0.303 e. The number of rotatable bonds is 2. The summed E-state index contributed by atoms with van der Waals surface area (Å²) >= 11 is 0. The molecule has 4 atom stereocenters. The molecule has 0 spiro atoms. The van der Waals surface area contributed by atoms with Gasteiger partial charge >= 0.3 is 11.9 Å². The molecule has 0 aromatic rings. The van der Waals surface area contributed by atoms with Gasteiger partial charge in [-0.25, -0.2) is 0 Å². The van der Waals surface area contributed by atoms with Crippen molar-refractivity contribution in [3.63, 3.8) is 0 Å². The minimum Gasteiger partial charge on any atom is -0.458 e. The Hall–Kier alpha value is -1.10. The first-order valence-electron chi connectivity index (χ1n) is 6.05. The molecule has 96 valence electrons. The zero-order valence-electron chi connectivity index (χ0n) is 10.5. The zero-order chi connectivity index (χ0) is 12.6. The van der Waals surface area contributed by atoms with Gasteiger partial charge < -0.3 is 9.47 Å². The highest BCUT2D eigenvalue weighted by Gasteiger charge is 2.48. The summed E-state index contributed by atoms with van der Waals surface area (Å²) < 4.78 is 10.6. The maximum absolute atomic E-state index is 11.1. The van der Waals surface area contributed by atoms with Crippen LogP contribution in [0.2, 0.25) is 0 Å². The van der Waals surface area contributed by atoms with Crippen molar-refractivity contribution in [2.75, 3.05) is 7.05 Å². The van der Waals surface area contributed by atoms with E-state index in [0.29, 0.717) is 6.04 Å². The third-order valence-corrected chi connectivity index (χ3v) is 3.76. The second kappa shape index (κ2) is 4.64. The number of carbonyl (C=O) groups is 2. The SMILES string of the molecule is CC(=O)O[C@H]1[C@@H](OC(C)=O)C[C@H]2CC[C@@H]1N2C. The summed E-state index contributed by atoms with van der Waals surface area (Å²) in [5.74, 6) is -0.623. The molecule has 2 saturated heterocycles. The van der Waals surface area contributed by atoms with Crippen LogP contribution in [0.4, 0.5) is 0 Å². The van der Waals surface area contributed by atoms with Crippen LogP contribution in [0.15, 0.2) is 0 Å². The van der Waals surface area contributed by atoms with Gasteiger partial charge in [0, 0.05) is 26.3 Å². The Kier molecular flexibility index (Phi) is 3.38. The third-order valence-electron chi connectivity index (χ3n) is 3.76. The van der Waals surface area contributed by atoms with E-state index >= 15 is 0 Å². The summed E-state index contributed by atoms with van der Waals surface area (Å²) in [7, 11) is 2.04. The lowest BCUT2D eigenvalue weighted by molar-refractivity contribution is -0.176. The number of nitrogens with zero attached hydrogens (tertiary/aromatic N) is 1. The van der Waals surface area contributed by atoms with Crippen molar-refractivity contribution in [1.82, 2.24) is 4.90 Å². The van der Waals surface area contributed by atoms with Crippen LogP contribution >= 0.6 is 0 Å². The molecule has 0 saturated carbocycles. The van der Waals surface area contributed by atoms with Gasteiger partial charge in [-0.2, -0.15) is 0 Å². The zero-order valence-corrected chi connectivity index (χ0v) is 10.5. The Labute approximate surface area is 101 Å². The van der Waals surface area contributed by atoms with Crippen LogP contribution in [0, 0.1) is 0 Å². The summed E-state index contributed by atoms with van der Waals surface area (Å²) in [5, 5.41) is 0. The summed E-state index contributed by atoms with van der Waals surface area (Å²) in [4.78, 5) is 24.5. The topological polar surface area (TPSA) is 55.8 Å². The van der Waals surface area contributed by atoms with Gasteiger partial charge in [0.05, 0.1) is 6.04 Å². The molecule has 2 aliphatic heterocycles. The molecule has 0 amide bonds. The van der Waals surface area contributed by atoms with Crippen molar-refractivity contribution >= 4 is 11.9 Å². The van der Waals surface area contributed by atoms with Crippen LogP contribution < -0.4 is 0 Å². The van der Waals surface area contributed by atoms with E-state index < -0.39 is 0 Å². The van der Waals surface area contributed by atoms with Gasteiger partial charge in [-0.05, 0) is 19.9 Å². The fourth-order valence-electron chi connectivity index (χ4n) is 3.05. The van der Waals surface area contributed by atoms with E-state index in [1.807, 2.05) is 7.05 Å². The van der Waals surface area contributed by atoms with Gasteiger partial charge in [0.2, 0.25) is 0 Å². The molecule has 0 unspecified atom stereocenters. The van der Waals surface area contributed by atoms with E-state index in [1.165, 1.54) is 13.8 Å². The fraction of sp³-hybridized carbons (Fsp3) is 0.833. The highest BCUT2D eigenvalue weighted by atomic mass is 16.6. The third kappa shape index (κ3) is 2.44. The van der Waals surface area contributed by atoms with Crippen molar-refractivity contribution in [3.05, 3.63) is 0 Å².